The molecule has 1 aromatic rings. The Morgan fingerprint density at radius 1 is 1.12 bits per heavy atom. The fourth-order valence-electron chi connectivity index (χ4n) is 2.21. The van der Waals surface area contributed by atoms with Gasteiger partial charge in [-0.15, -0.1) is 0 Å². The molecule has 1 aromatic carbocycles. The van der Waals surface area contributed by atoms with Crippen molar-refractivity contribution in [3.63, 3.8) is 0 Å². The van der Waals surface area contributed by atoms with Gasteiger partial charge in [0.15, 0.2) is 0 Å². The van der Waals surface area contributed by atoms with Crippen molar-refractivity contribution in [1.82, 2.24) is 4.90 Å². The van der Waals surface area contributed by atoms with Crippen LogP contribution in [0.4, 0.5) is 5.69 Å². The molecule has 0 atom stereocenters. The highest BCUT2D eigenvalue weighted by Gasteiger charge is 2.08. The first-order valence-electron chi connectivity index (χ1n) is 6.49. The lowest BCUT2D eigenvalue weighted by Gasteiger charge is -2.18. The summed E-state index contributed by atoms with van der Waals surface area (Å²) in [6, 6.07) is 8.21. The van der Waals surface area contributed by atoms with Gasteiger partial charge in [-0.25, -0.2) is 0 Å². The van der Waals surface area contributed by atoms with Crippen molar-refractivity contribution in [2.75, 3.05) is 38.6 Å². The zero-order chi connectivity index (χ0) is 11.9. The molecule has 0 bridgehead atoms. The number of aryl methyl sites for hydroxylation is 1. The molecule has 1 heterocycles. The molecule has 17 heavy (non-hydrogen) atoms. The maximum atomic E-state index is 5.67. The van der Waals surface area contributed by atoms with Crippen LogP contribution in [0.5, 0.6) is 0 Å². The maximum absolute atomic E-state index is 5.67. The van der Waals surface area contributed by atoms with Crippen molar-refractivity contribution in [3.8, 4) is 0 Å². The molecule has 94 valence electrons. The molecule has 2 rings (SSSR count). The third-order valence-electron chi connectivity index (χ3n) is 3.23. The van der Waals surface area contributed by atoms with Gasteiger partial charge in [-0.2, -0.15) is 0 Å². The van der Waals surface area contributed by atoms with Gasteiger partial charge in [-0.05, 0) is 43.5 Å². The number of ether oxygens (including phenoxy) is 1. The second-order valence-electron chi connectivity index (χ2n) is 4.65. The molecule has 1 saturated heterocycles. The summed E-state index contributed by atoms with van der Waals surface area (Å²) in [5, 5.41) is 0. The van der Waals surface area contributed by atoms with E-state index in [1.807, 2.05) is 12.1 Å². The second-order valence-corrected chi connectivity index (χ2v) is 4.65. The molecule has 0 saturated carbocycles. The first-order valence-corrected chi connectivity index (χ1v) is 6.49. The lowest BCUT2D eigenvalue weighted by atomic mass is 10.1. The summed E-state index contributed by atoms with van der Waals surface area (Å²) in [4.78, 5) is 2.50. The predicted molar refractivity (Wildman–Crippen MR) is 71.1 cm³/mol. The topological polar surface area (TPSA) is 38.5 Å². The Kier molecular flexibility index (Phi) is 4.83. The van der Waals surface area contributed by atoms with Gasteiger partial charge in [0.05, 0.1) is 6.61 Å². The average molecular weight is 234 g/mol. The highest BCUT2D eigenvalue weighted by Crippen LogP contribution is 2.08. The van der Waals surface area contributed by atoms with Gasteiger partial charge in [0.2, 0.25) is 0 Å². The Bertz CT molecular complexity index is 315. The third kappa shape index (κ3) is 4.36. The smallest absolute Gasteiger partial charge is 0.0593 e. The van der Waals surface area contributed by atoms with E-state index < -0.39 is 0 Å². The lowest BCUT2D eigenvalue weighted by molar-refractivity contribution is 0.141. The van der Waals surface area contributed by atoms with Gasteiger partial charge in [0.25, 0.3) is 0 Å². The van der Waals surface area contributed by atoms with E-state index in [0.29, 0.717) is 0 Å². The summed E-state index contributed by atoms with van der Waals surface area (Å²) in [6.45, 7) is 5.26. The van der Waals surface area contributed by atoms with Crippen LogP contribution in [0.25, 0.3) is 0 Å². The maximum Gasteiger partial charge on any atom is 0.0593 e. The van der Waals surface area contributed by atoms with Crippen molar-refractivity contribution in [3.05, 3.63) is 29.8 Å². The quantitative estimate of drug-likeness (QED) is 0.809. The molecule has 0 unspecified atom stereocenters. The molecular formula is C14H22N2O. The van der Waals surface area contributed by atoms with Crippen LogP contribution in [0.1, 0.15) is 18.4 Å². The first kappa shape index (κ1) is 12.4. The summed E-state index contributed by atoms with van der Waals surface area (Å²) in [6.07, 6.45) is 3.52. The van der Waals surface area contributed by atoms with E-state index in [0.717, 1.165) is 31.9 Å². The molecule has 3 nitrogen and oxygen atoms in total. The van der Waals surface area contributed by atoms with Gasteiger partial charge in [-0.3, -0.25) is 0 Å². The molecule has 0 aliphatic carbocycles. The van der Waals surface area contributed by atoms with Gasteiger partial charge < -0.3 is 15.4 Å². The molecule has 0 amide bonds. The van der Waals surface area contributed by atoms with Crippen LogP contribution < -0.4 is 5.73 Å². The van der Waals surface area contributed by atoms with Gasteiger partial charge >= 0.3 is 0 Å². The number of nitrogen functional groups attached to an aromatic ring is 1. The van der Waals surface area contributed by atoms with Crippen molar-refractivity contribution in [2.24, 2.45) is 0 Å². The van der Waals surface area contributed by atoms with E-state index in [2.05, 4.69) is 17.0 Å². The zero-order valence-electron chi connectivity index (χ0n) is 10.4. The van der Waals surface area contributed by atoms with Crippen molar-refractivity contribution in [1.29, 1.82) is 0 Å². The molecule has 1 fully saturated rings. The second kappa shape index (κ2) is 6.62. The van der Waals surface area contributed by atoms with Crippen LogP contribution in [0.3, 0.4) is 0 Å². The Morgan fingerprint density at radius 3 is 2.76 bits per heavy atom. The minimum Gasteiger partial charge on any atom is -0.399 e. The van der Waals surface area contributed by atoms with E-state index in [-0.39, 0.29) is 0 Å². The fraction of sp³-hybridized carbons (Fsp3) is 0.571. The van der Waals surface area contributed by atoms with E-state index in [1.54, 1.807) is 0 Å². The zero-order valence-corrected chi connectivity index (χ0v) is 10.4. The number of benzene rings is 1. The monoisotopic (exact) mass is 234 g/mol. The SMILES string of the molecule is Nc1ccc(CCCN2CCCOCC2)cc1. The summed E-state index contributed by atoms with van der Waals surface area (Å²) in [7, 11) is 0. The standard InChI is InChI=1S/C14H22N2O/c15-14-6-4-13(5-7-14)3-1-8-16-9-2-11-17-12-10-16/h4-7H,1-3,8-12,15H2. The molecule has 1 aliphatic rings. The van der Waals surface area contributed by atoms with Crippen LogP contribution in [-0.2, 0) is 11.2 Å². The molecule has 1 aliphatic heterocycles. The Balaban J connectivity index is 1.69. The van der Waals surface area contributed by atoms with Crippen LogP contribution in [0, 0.1) is 0 Å². The molecule has 0 radical (unpaired) electrons. The normalized spacial score (nSPS) is 17.9. The molecule has 2 N–H and O–H groups in total. The van der Waals surface area contributed by atoms with E-state index >= 15 is 0 Å². The summed E-state index contributed by atoms with van der Waals surface area (Å²) >= 11 is 0. The molecular weight excluding hydrogens is 212 g/mol. The van der Waals surface area contributed by atoms with Gasteiger partial charge in [-0.1, -0.05) is 12.1 Å². The van der Waals surface area contributed by atoms with Crippen molar-refractivity contribution < 1.29 is 4.74 Å². The van der Waals surface area contributed by atoms with Crippen LogP contribution in [-0.4, -0.2) is 37.7 Å². The van der Waals surface area contributed by atoms with Crippen LogP contribution in [0.15, 0.2) is 24.3 Å². The van der Waals surface area contributed by atoms with Crippen molar-refractivity contribution >= 4 is 5.69 Å². The molecule has 0 aromatic heterocycles. The lowest BCUT2D eigenvalue weighted by Crippen LogP contribution is -2.27. The van der Waals surface area contributed by atoms with Crippen LogP contribution >= 0.6 is 0 Å². The number of rotatable bonds is 4. The minimum atomic E-state index is 0.846. The van der Waals surface area contributed by atoms with Crippen molar-refractivity contribution in [2.45, 2.75) is 19.3 Å². The first-order chi connectivity index (χ1) is 8.34. The van der Waals surface area contributed by atoms with E-state index in [4.69, 9.17) is 10.5 Å². The Morgan fingerprint density at radius 2 is 1.94 bits per heavy atom. The van der Waals surface area contributed by atoms with E-state index in [9.17, 15) is 0 Å². The summed E-state index contributed by atoms with van der Waals surface area (Å²) in [5.41, 5.74) is 7.89. The highest BCUT2D eigenvalue weighted by molar-refractivity contribution is 5.39. The van der Waals surface area contributed by atoms with Gasteiger partial charge in [0, 0.05) is 25.4 Å². The number of hydrogen-bond donors (Lipinski definition) is 1. The average Bonchev–Trinajstić information content (AvgIpc) is 2.60. The fourth-order valence-corrected chi connectivity index (χ4v) is 2.21. The Labute approximate surface area is 104 Å². The number of nitrogens with two attached hydrogens (primary N) is 1. The molecule has 0 spiro atoms. The van der Waals surface area contributed by atoms with Crippen LogP contribution in [0.2, 0.25) is 0 Å². The largest absolute Gasteiger partial charge is 0.399 e. The highest BCUT2D eigenvalue weighted by atomic mass is 16.5. The number of anilines is 1. The minimum absolute atomic E-state index is 0.846. The molecule has 3 heteroatoms. The van der Waals surface area contributed by atoms with Gasteiger partial charge in [0.1, 0.15) is 0 Å². The Hall–Kier alpha value is -1.06. The number of hydrogen-bond acceptors (Lipinski definition) is 3. The van der Waals surface area contributed by atoms with E-state index in [1.165, 1.54) is 31.5 Å². The predicted octanol–water partition coefficient (Wildman–Crippen LogP) is 1.92. The summed E-state index contributed by atoms with van der Waals surface area (Å²) < 4.78 is 5.45. The third-order valence-corrected chi connectivity index (χ3v) is 3.23. The summed E-state index contributed by atoms with van der Waals surface area (Å²) in [5.74, 6) is 0. The number of nitrogens with zero attached hydrogens (tertiary/aromatic N) is 1.